The van der Waals surface area contributed by atoms with Crippen LogP contribution in [-0.4, -0.2) is 25.3 Å². The minimum atomic E-state index is -0.398. The topological polar surface area (TPSA) is 35.5 Å². The summed E-state index contributed by atoms with van der Waals surface area (Å²) in [6.07, 6.45) is 3.61. The zero-order chi connectivity index (χ0) is 10.3. The zero-order valence-corrected chi connectivity index (χ0v) is 8.87. The number of methoxy groups -OCH3 is 1. The summed E-state index contributed by atoms with van der Waals surface area (Å²) in [5.74, 6) is -0.104. The number of carbonyl (C=O) groups excluding carboxylic acids is 1. The normalized spacial score (nSPS) is 40.8. The molecule has 0 aromatic heterocycles. The van der Waals surface area contributed by atoms with E-state index < -0.39 is 5.41 Å². The quantitative estimate of drug-likeness (QED) is 0.498. The van der Waals surface area contributed by atoms with Gasteiger partial charge in [-0.15, -0.1) is 0 Å². The Bertz CT molecular complexity index is 295. The van der Waals surface area contributed by atoms with Crippen LogP contribution in [0, 0.1) is 5.41 Å². The van der Waals surface area contributed by atoms with Gasteiger partial charge in [-0.05, 0) is 18.9 Å². The van der Waals surface area contributed by atoms with Crippen LogP contribution in [0.5, 0.6) is 0 Å². The van der Waals surface area contributed by atoms with Crippen molar-refractivity contribution in [2.24, 2.45) is 5.41 Å². The summed E-state index contributed by atoms with van der Waals surface area (Å²) in [6, 6.07) is 0. The van der Waals surface area contributed by atoms with Crippen molar-refractivity contribution in [1.82, 2.24) is 0 Å². The number of fused-ring (bicyclic) bond motifs is 2. The first-order valence-electron chi connectivity index (χ1n) is 5.06. The molecule has 1 fully saturated rings. The smallest absolute Gasteiger partial charge is 0.316 e. The molecular formula is C11H16O3. The van der Waals surface area contributed by atoms with Crippen molar-refractivity contribution in [3.63, 3.8) is 0 Å². The van der Waals surface area contributed by atoms with Crippen molar-refractivity contribution >= 4 is 5.97 Å². The van der Waals surface area contributed by atoms with Crippen LogP contribution >= 0.6 is 0 Å². The minimum Gasteiger partial charge on any atom is -0.459 e. The van der Waals surface area contributed by atoms with Gasteiger partial charge in [-0.2, -0.15) is 0 Å². The molecule has 2 aliphatic rings. The average molecular weight is 196 g/mol. The molecule has 78 valence electrons. The average Bonchev–Trinajstić information content (AvgIpc) is 2.38. The summed E-state index contributed by atoms with van der Waals surface area (Å²) in [7, 11) is 1.67. The summed E-state index contributed by atoms with van der Waals surface area (Å²) >= 11 is 0. The fraction of sp³-hybridized carbons (Fsp3) is 0.727. The molecule has 3 atom stereocenters. The Kier molecular flexibility index (Phi) is 2.14. The fourth-order valence-corrected chi connectivity index (χ4v) is 2.44. The van der Waals surface area contributed by atoms with E-state index in [-0.39, 0.29) is 18.2 Å². The lowest BCUT2D eigenvalue weighted by Gasteiger charge is -2.28. The molecule has 0 N–H and O–H groups in total. The molecule has 3 nitrogen and oxygen atoms in total. The van der Waals surface area contributed by atoms with Crippen molar-refractivity contribution in [3.8, 4) is 0 Å². The number of carbonyl (C=O) groups is 1. The van der Waals surface area contributed by atoms with Crippen LogP contribution in [0.1, 0.15) is 26.7 Å². The Morgan fingerprint density at radius 3 is 3.00 bits per heavy atom. The molecule has 0 aromatic rings. The molecule has 0 saturated carbocycles. The molecule has 1 aliphatic heterocycles. The molecule has 0 spiro atoms. The predicted octanol–water partition coefficient (Wildman–Crippen LogP) is 1.67. The molecule has 3 heteroatoms. The van der Waals surface area contributed by atoms with E-state index in [1.807, 2.05) is 13.0 Å². The standard InChI is InChI=1S/C11H16O3/c1-4-7-5-11(2)6-8(9(7)13-3)14-10(11)12/h5,8-9H,4,6H2,1-3H3. The van der Waals surface area contributed by atoms with E-state index in [2.05, 4.69) is 6.92 Å². The maximum Gasteiger partial charge on any atom is 0.316 e. The third-order valence-corrected chi connectivity index (χ3v) is 3.22. The third kappa shape index (κ3) is 1.19. The van der Waals surface area contributed by atoms with Gasteiger partial charge in [0, 0.05) is 13.5 Å². The van der Waals surface area contributed by atoms with Crippen LogP contribution < -0.4 is 0 Å². The predicted molar refractivity (Wildman–Crippen MR) is 51.8 cm³/mol. The van der Waals surface area contributed by atoms with Crippen LogP contribution in [0.15, 0.2) is 11.6 Å². The second-order valence-corrected chi connectivity index (χ2v) is 4.29. The van der Waals surface area contributed by atoms with Gasteiger partial charge in [0.1, 0.15) is 12.2 Å². The highest BCUT2D eigenvalue weighted by Crippen LogP contribution is 2.44. The summed E-state index contributed by atoms with van der Waals surface area (Å²) in [5, 5.41) is 0. The number of ether oxygens (including phenoxy) is 2. The van der Waals surface area contributed by atoms with Gasteiger partial charge in [0.2, 0.25) is 0 Å². The zero-order valence-electron chi connectivity index (χ0n) is 8.87. The van der Waals surface area contributed by atoms with Gasteiger partial charge in [0.05, 0.1) is 5.41 Å². The SMILES string of the molecule is CCC1=CC2(C)CC(OC2=O)C1OC. The number of rotatable bonds is 2. The molecule has 1 saturated heterocycles. The van der Waals surface area contributed by atoms with Crippen LogP contribution in [0.2, 0.25) is 0 Å². The van der Waals surface area contributed by atoms with Crippen molar-refractivity contribution in [3.05, 3.63) is 11.6 Å². The molecule has 1 aliphatic carbocycles. The second kappa shape index (κ2) is 3.09. The van der Waals surface area contributed by atoms with Crippen molar-refractivity contribution < 1.29 is 14.3 Å². The van der Waals surface area contributed by atoms with E-state index in [0.29, 0.717) is 0 Å². The molecule has 14 heavy (non-hydrogen) atoms. The highest BCUT2D eigenvalue weighted by Gasteiger charge is 2.51. The Hall–Kier alpha value is -0.830. The maximum absolute atomic E-state index is 11.6. The molecule has 0 amide bonds. The summed E-state index contributed by atoms with van der Waals surface area (Å²) < 4.78 is 10.7. The summed E-state index contributed by atoms with van der Waals surface area (Å²) in [4.78, 5) is 11.6. The van der Waals surface area contributed by atoms with Gasteiger partial charge in [-0.1, -0.05) is 13.0 Å². The Morgan fingerprint density at radius 2 is 2.43 bits per heavy atom. The van der Waals surface area contributed by atoms with E-state index in [1.165, 1.54) is 5.57 Å². The third-order valence-electron chi connectivity index (χ3n) is 3.22. The number of hydrogen-bond acceptors (Lipinski definition) is 3. The van der Waals surface area contributed by atoms with Crippen LogP contribution in [0.25, 0.3) is 0 Å². The Morgan fingerprint density at radius 1 is 1.71 bits per heavy atom. The van der Waals surface area contributed by atoms with E-state index in [9.17, 15) is 4.79 Å². The first kappa shape index (κ1) is 9.71. The number of hydrogen-bond donors (Lipinski definition) is 0. The lowest BCUT2D eigenvalue weighted by molar-refractivity contribution is -0.148. The number of esters is 1. The molecular weight excluding hydrogens is 180 g/mol. The van der Waals surface area contributed by atoms with Crippen LogP contribution in [0.3, 0.4) is 0 Å². The largest absolute Gasteiger partial charge is 0.459 e. The highest BCUT2D eigenvalue weighted by molar-refractivity contribution is 5.82. The van der Waals surface area contributed by atoms with Gasteiger partial charge in [-0.25, -0.2) is 0 Å². The molecule has 3 unspecified atom stereocenters. The van der Waals surface area contributed by atoms with E-state index in [4.69, 9.17) is 9.47 Å². The fourth-order valence-electron chi connectivity index (χ4n) is 2.44. The van der Waals surface area contributed by atoms with E-state index >= 15 is 0 Å². The van der Waals surface area contributed by atoms with Crippen molar-refractivity contribution in [2.45, 2.75) is 38.9 Å². The first-order valence-corrected chi connectivity index (χ1v) is 5.06. The monoisotopic (exact) mass is 196 g/mol. The summed E-state index contributed by atoms with van der Waals surface area (Å²) in [5.41, 5.74) is 0.794. The highest BCUT2D eigenvalue weighted by atomic mass is 16.6. The van der Waals surface area contributed by atoms with Crippen molar-refractivity contribution in [1.29, 1.82) is 0 Å². The van der Waals surface area contributed by atoms with Gasteiger partial charge in [0.25, 0.3) is 0 Å². The molecule has 2 rings (SSSR count). The van der Waals surface area contributed by atoms with Crippen LogP contribution in [-0.2, 0) is 14.3 Å². The first-order chi connectivity index (χ1) is 6.60. The Balaban J connectivity index is 2.37. The molecule has 0 radical (unpaired) electrons. The van der Waals surface area contributed by atoms with Crippen LogP contribution in [0.4, 0.5) is 0 Å². The van der Waals surface area contributed by atoms with Gasteiger partial charge < -0.3 is 9.47 Å². The maximum atomic E-state index is 11.6. The van der Waals surface area contributed by atoms with E-state index in [1.54, 1.807) is 7.11 Å². The van der Waals surface area contributed by atoms with E-state index in [0.717, 1.165) is 12.8 Å². The summed E-state index contributed by atoms with van der Waals surface area (Å²) in [6.45, 7) is 4.02. The second-order valence-electron chi connectivity index (χ2n) is 4.29. The molecule has 2 bridgehead atoms. The molecule has 0 aromatic carbocycles. The molecule has 1 heterocycles. The van der Waals surface area contributed by atoms with Gasteiger partial charge >= 0.3 is 5.97 Å². The minimum absolute atomic E-state index is 0.0282. The lowest BCUT2D eigenvalue weighted by atomic mass is 9.77. The van der Waals surface area contributed by atoms with Gasteiger partial charge in [0.15, 0.2) is 0 Å². The van der Waals surface area contributed by atoms with Gasteiger partial charge in [-0.3, -0.25) is 4.79 Å². The Labute approximate surface area is 84.1 Å². The van der Waals surface area contributed by atoms with Crippen molar-refractivity contribution in [2.75, 3.05) is 7.11 Å². The lowest BCUT2D eigenvalue weighted by Crippen LogP contribution is -2.33.